The first kappa shape index (κ1) is 19.5. The van der Waals surface area contributed by atoms with Gasteiger partial charge < -0.3 is 14.8 Å². The van der Waals surface area contributed by atoms with Crippen LogP contribution in [0.15, 0.2) is 28.7 Å². The molecular formula is C18H20BrNO4S. The molecule has 1 atom stereocenters. The van der Waals surface area contributed by atoms with Crippen LogP contribution in [0.2, 0.25) is 0 Å². The van der Waals surface area contributed by atoms with E-state index in [1.807, 2.05) is 32.0 Å². The predicted molar refractivity (Wildman–Crippen MR) is 103 cm³/mol. The van der Waals surface area contributed by atoms with E-state index in [-0.39, 0.29) is 12.5 Å². The number of carbonyl (C=O) groups is 2. The molecule has 0 saturated carbocycles. The van der Waals surface area contributed by atoms with Crippen molar-refractivity contribution in [3.8, 4) is 5.75 Å². The van der Waals surface area contributed by atoms with Crippen LogP contribution in [0.25, 0.3) is 0 Å². The summed E-state index contributed by atoms with van der Waals surface area (Å²) < 4.78 is 11.6. The summed E-state index contributed by atoms with van der Waals surface area (Å²) in [6, 6.07) is 7.31. The summed E-state index contributed by atoms with van der Waals surface area (Å²) in [5.74, 6) is -0.184. The number of benzene rings is 1. The van der Waals surface area contributed by atoms with Gasteiger partial charge in [-0.05, 0) is 61.3 Å². The van der Waals surface area contributed by atoms with Gasteiger partial charge in [-0.1, -0.05) is 12.1 Å². The maximum absolute atomic E-state index is 12.5. The first-order valence-corrected chi connectivity index (χ1v) is 9.45. The predicted octanol–water partition coefficient (Wildman–Crippen LogP) is 4.71. The number of esters is 1. The number of hydrogen-bond donors (Lipinski definition) is 1. The Balaban J connectivity index is 2.16. The highest BCUT2D eigenvalue weighted by Gasteiger charge is 2.24. The van der Waals surface area contributed by atoms with Gasteiger partial charge in [-0.2, -0.15) is 0 Å². The van der Waals surface area contributed by atoms with Crippen LogP contribution in [0.3, 0.4) is 0 Å². The lowest BCUT2D eigenvalue weighted by molar-refractivity contribution is -0.122. The lowest BCUT2D eigenvalue weighted by Crippen LogP contribution is -2.30. The zero-order valence-electron chi connectivity index (χ0n) is 14.5. The van der Waals surface area contributed by atoms with Crippen molar-refractivity contribution in [2.24, 2.45) is 0 Å². The summed E-state index contributed by atoms with van der Waals surface area (Å²) in [5, 5.41) is 3.28. The van der Waals surface area contributed by atoms with E-state index in [9.17, 15) is 9.59 Å². The van der Waals surface area contributed by atoms with Crippen molar-refractivity contribution in [1.29, 1.82) is 0 Å². The van der Waals surface area contributed by atoms with E-state index in [0.29, 0.717) is 16.3 Å². The SMILES string of the molecule is CCOC(=O)c1c(NC(=O)[C@H](C)Oc2ccccc2Br)sc(C)c1C. The molecular weight excluding hydrogens is 406 g/mol. The molecule has 0 saturated heterocycles. The van der Waals surface area contributed by atoms with Crippen LogP contribution in [0.1, 0.15) is 34.6 Å². The molecule has 2 aromatic rings. The van der Waals surface area contributed by atoms with Gasteiger partial charge >= 0.3 is 5.97 Å². The zero-order valence-corrected chi connectivity index (χ0v) is 16.9. The molecule has 1 N–H and O–H groups in total. The minimum absolute atomic E-state index is 0.280. The molecule has 0 fully saturated rings. The minimum Gasteiger partial charge on any atom is -0.480 e. The highest BCUT2D eigenvalue weighted by atomic mass is 79.9. The van der Waals surface area contributed by atoms with Crippen LogP contribution in [-0.4, -0.2) is 24.6 Å². The van der Waals surface area contributed by atoms with Crippen LogP contribution in [0.4, 0.5) is 5.00 Å². The quantitative estimate of drug-likeness (QED) is 0.680. The van der Waals surface area contributed by atoms with Crippen molar-refractivity contribution >= 4 is 44.1 Å². The minimum atomic E-state index is -0.726. The smallest absolute Gasteiger partial charge is 0.341 e. The van der Waals surface area contributed by atoms with Gasteiger partial charge in [-0.3, -0.25) is 4.79 Å². The first-order chi connectivity index (χ1) is 11.8. The standard InChI is InChI=1S/C18H20BrNO4S/c1-5-23-18(22)15-10(2)12(4)25-17(15)20-16(21)11(3)24-14-9-7-6-8-13(14)19/h6-9,11H,5H2,1-4H3,(H,20,21)/t11-/m0/s1. The number of carbonyl (C=O) groups excluding carboxylic acids is 2. The van der Waals surface area contributed by atoms with Crippen molar-refractivity contribution in [1.82, 2.24) is 0 Å². The Morgan fingerprint density at radius 2 is 1.96 bits per heavy atom. The van der Waals surface area contributed by atoms with Crippen LogP contribution in [0, 0.1) is 13.8 Å². The summed E-state index contributed by atoms with van der Waals surface area (Å²) in [4.78, 5) is 25.6. The van der Waals surface area contributed by atoms with Crippen molar-refractivity contribution in [3.63, 3.8) is 0 Å². The number of ether oxygens (including phenoxy) is 2. The summed E-state index contributed by atoms with van der Waals surface area (Å²) in [7, 11) is 0. The number of nitrogens with one attached hydrogen (secondary N) is 1. The second kappa shape index (κ2) is 8.49. The summed E-state index contributed by atoms with van der Waals surface area (Å²) >= 11 is 4.74. The fourth-order valence-electron chi connectivity index (χ4n) is 2.16. The molecule has 0 aliphatic rings. The molecule has 0 aliphatic carbocycles. The van der Waals surface area contributed by atoms with Crippen LogP contribution >= 0.6 is 27.3 Å². The Labute approximate surface area is 159 Å². The molecule has 1 aromatic heterocycles. The van der Waals surface area contributed by atoms with Crippen LogP contribution in [-0.2, 0) is 9.53 Å². The molecule has 1 aromatic carbocycles. The first-order valence-electron chi connectivity index (χ1n) is 7.84. The van der Waals surface area contributed by atoms with E-state index in [1.165, 1.54) is 11.3 Å². The van der Waals surface area contributed by atoms with Crippen LogP contribution in [0.5, 0.6) is 5.75 Å². The molecule has 25 heavy (non-hydrogen) atoms. The van der Waals surface area contributed by atoms with Gasteiger partial charge in [-0.25, -0.2) is 4.79 Å². The summed E-state index contributed by atoms with van der Waals surface area (Å²) in [6.07, 6.45) is -0.726. The number of rotatable bonds is 6. The largest absolute Gasteiger partial charge is 0.480 e. The van der Waals surface area contributed by atoms with Crippen molar-refractivity contribution in [2.75, 3.05) is 11.9 Å². The zero-order chi connectivity index (χ0) is 18.6. The topological polar surface area (TPSA) is 64.6 Å². The monoisotopic (exact) mass is 425 g/mol. The second-order valence-electron chi connectivity index (χ2n) is 5.39. The average Bonchev–Trinajstić information content (AvgIpc) is 2.84. The molecule has 0 bridgehead atoms. The second-order valence-corrected chi connectivity index (χ2v) is 7.47. The van der Waals surface area contributed by atoms with Gasteiger partial charge in [0.2, 0.25) is 0 Å². The Hall–Kier alpha value is -1.86. The highest BCUT2D eigenvalue weighted by Crippen LogP contribution is 2.33. The van der Waals surface area contributed by atoms with Gasteiger partial charge in [0.25, 0.3) is 5.91 Å². The number of aryl methyl sites for hydroxylation is 1. The fourth-order valence-corrected chi connectivity index (χ4v) is 3.59. The molecule has 1 heterocycles. The maximum Gasteiger partial charge on any atom is 0.341 e. The van der Waals surface area contributed by atoms with E-state index in [4.69, 9.17) is 9.47 Å². The fraction of sp³-hybridized carbons (Fsp3) is 0.333. The highest BCUT2D eigenvalue weighted by molar-refractivity contribution is 9.10. The maximum atomic E-state index is 12.5. The average molecular weight is 426 g/mol. The van der Waals surface area contributed by atoms with Crippen LogP contribution < -0.4 is 10.1 Å². The van der Waals surface area contributed by atoms with Gasteiger partial charge in [0.05, 0.1) is 16.6 Å². The molecule has 2 rings (SSSR count). The number of anilines is 1. The van der Waals surface area contributed by atoms with Gasteiger partial charge in [0, 0.05) is 4.88 Å². The lowest BCUT2D eigenvalue weighted by atomic mass is 10.1. The van der Waals surface area contributed by atoms with E-state index >= 15 is 0 Å². The molecule has 0 spiro atoms. The molecule has 1 amide bonds. The summed E-state index contributed by atoms with van der Waals surface area (Å²) in [6.45, 7) is 7.43. The van der Waals surface area contributed by atoms with Crippen molar-refractivity contribution < 1.29 is 19.1 Å². The molecule has 0 aliphatic heterocycles. The van der Waals surface area contributed by atoms with Gasteiger partial charge in [0.15, 0.2) is 6.10 Å². The number of hydrogen-bond acceptors (Lipinski definition) is 5. The Kier molecular flexibility index (Phi) is 6.61. The van der Waals surface area contributed by atoms with E-state index in [0.717, 1.165) is 14.9 Å². The lowest BCUT2D eigenvalue weighted by Gasteiger charge is -2.15. The molecule has 0 radical (unpaired) electrons. The Morgan fingerprint density at radius 3 is 2.60 bits per heavy atom. The number of amides is 1. The van der Waals surface area contributed by atoms with Crippen molar-refractivity contribution in [3.05, 3.63) is 44.7 Å². The van der Waals surface area contributed by atoms with Gasteiger partial charge in [-0.15, -0.1) is 11.3 Å². The normalized spacial score (nSPS) is 11.7. The van der Waals surface area contributed by atoms with Gasteiger partial charge in [0.1, 0.15) is 10.8 Å². The third-order valence-corrected chi connectivity index (χ3v) is 5.39. The molecule has 5 nitrogen and oxygen atoms in total. The number of halogens is 1. The van der Waals surface area contributed by atoms with Crippen molar-refractivity contribution in [2.45, 2.75) is 33.8 Å². The third-order valence-electron chi connectivity index (χ3n) is 3.61. The third kappa shape index (κ3) is 4.61. The van der Waals surface area contributed by atoms with E-state index in [1.54, 1.807) is 19.9 Å². The number of para-hydroxylation sites is 1. The van der Waals surface area contributed by atoms with E-state index < -0.39 is 12.1 Å². The molecule has 7 heteroatoms. The number of thiophene rings is 1. The van der Waals surface area contributed by atoms with E-state index in [2.05, 4.69) is 21.2 Å². The summed E-state index contributed by atoms with van der Waals surface area (Å²) in [5.41, 5.74) is 1.23. The molecule has 134 valence electrons. The molecule has 0 unspecified atom stereocenters. The Morgan fingerprint density at radius 1 is 1.28 bits per heavy atom. The Bertz CT molecular complexity index is 787.